The van der Waals surface area contributed by atoms with E-state index in [1.165, 1.54) is 0 Å². The first kappa shape index (κ1) is 12.8. The summed E-state index contributed by atoms with van der Waals surface area (Å²) >= 11 is 0. The SMILES string of the molecule is Cc1nccn1-c1ccc(CC(C)(C)N)cc1F. The number of hydrogen-bond donors (Lipinski definition) is 1. The van der Waals surface area contributed by atoms with Gasteiger partial charge in [0.25, 0.3) is 0 Å². The van der Waals surface area contributed by atoms with Crippen LogP contribution in [0.15, 0.2) is 30.6 Å². The molecule has 0 saturated heterocycles. The lowest BCUT2D eigenvalue weighted by molar-refractivity contribution is 0.514. The van der Waals surface area contributed by atoms with Crippen LogP contribution in [0, 0.1) is 12.7 Å². The van der Waals surface area contributed by atoms with Gasteiger partial charge in [0.2, 0.25) is 0 Å². The van der Waals surface area contributed by atoms with Gasteiger partial charge in [-0.1, -0.05) is 6.07 Å². The molecular weight excluding hydrogens is 229 g/mol. The van der Waals surface area contributed by atoms with E-state index in [1.807, 2.05) is 26.8 Å². The van der Waals surface area contributed by atoms with E-state index in [0.29, 0.717) is 12.1 Å². The Kier molecular flexibility index (Phi) is 3.22. The fourth-order valence-electron chi connectivity index (χ4n) is 2.01. The van der Waals surface area contributed by atoms with Crippen LogP contribution < -0.4 is 5.73 Å². The van der Waals surface area contributed by atoms with E-state index in [2.05, 4.69) is 4.98 Å². The molecule has 0 fully saturated rings. The number of imidazole rings is 1. The number of hydrogen-bond acceptors (Lipinski definition) is 2. The van der Waals surface area contributed by atoms with Gasteiger partial charge in [-0.3, -0.25) is 0 Å². The van der Waals surface area contributed by atoms with E-state index >= 15 is 0 Å². The molecule has 0 radical (unpaired) electrons. The van der Waals surface area contributed by atoms with E-state index in [9.17, 15) is 4.39 Å². The average Bonchev–Trinajstić information content (AvgIpc) is 2.62. The van der Waals surface area contributed by atoms with Gasteiger partial charge in [0.1, 0.15) is 11.6 Å². The third kappa shape index (κ3) is 2.76. The molecular formula is C14H18FN3. The summed E-state index contributed by atoms with van der Waals surface area (Å²) in [4.78, 5) is 4.09. The van der Waals surface area contributed by atoms with Crippen molar-refractivity contribution >= 4 is 0 Å². The lowest BCUT2D eigenvalue weighted by Crippen LogP contribution is -2.34. The van der Waals surface area contributed by atoms with Crippen molar-refractivity contribution in [3.63, 3.8) is 0 Å². The highest BCUT2D eigenvalue weighted by molar-refractivity contribution is 5.38. The van der Waals surface area contributed by atoms with E-state index in [4.69, 9.17) is 5.73 Å². The summed E-state index contributed by atoms with van der Waals surface area (Å²) in [5.41, 5.74) is 7.02. The molecule has 2 aromatic rings. The summed E-state index contributed by atoms with van der Waals surface area (Å²) in [5, 5.41) is 0. The Bertz CT molecular complexity index is 552. The first-order valence-corrected chi connectivity index (χ1v) is 5.94. The molecule has 0 saturated carbocycles. The molecule has 0 spiro atoms. The second kappa shape index (κ2) is 4.53. The summed E-state index contributed by atoms with van der Waals surface area (Å²) in [7, 11) is 0. The smallest absolute Gasteiger partial charge is 0.147 e. The Balaban J connectivity index is 2.34. The summed E-state index contributed by atoms with van der Waals surface area (Å²) in [6.45, 7) is 5.70. The molecule has 0 bridgehead atoms. The molecule has 1 aromatic carbocycles. The lowest BCUT2D eigenvalue weighted by Gasteiger charge is -2.18. The molecule has 0 aliphatic carbocycles. The van der Waals surface area contributed by atoms with Crippen LogP contribution in [0.2, 0.25) is 0 Å². The van der Waals surface area contributed by atoms with Gasteiger partial charge >= 0.3 is 0 Å². The summed E-state index contributed by atoms with van der Waals surface area (Å²) in [5.74, 6) is 0.513. The third-order valence-electron chi connectivity index (χ3n) is 2.76. The third-order valence-corrected chi connectivity index (χ3v) is 2.76. The summed E-state index contributed by atoms with van der Waals surface area (Å²) in [6.07, 6.45) is 4.05. The van der Waals surface area contributed by atoms with Crippen molar-refractivity contribution in [2.24, 2.45) is 5.73 Å². The average molecular weight is 247 g/mol. The molecule has 2 rings (SSSR count). The van der Waals surface area contributed by atoms with Crippen LogP contribution >= 0.6 is 0 Å². The molecule has 0 unspecified atom stereocenters. The largest absolute Gasteiger partial charge is 0.325 e. The van der Waals surface area contributed by atoms with Crippen LogP contribution in [0.3, 0.4) is 0 Å². The molecule has 0 atom stereocenters. The predicted molar refractivity (Wildman–Crippen MR) is 70.2 cm³/mol. The van der Waals surface area contributed by atoms with Crippen molar-refractivity contribution < 1.29 is 4.39 Å². The molecule has 1 aromatic heterocycles. The van der Waals surface area contributed by atoms with Gasteiger partial charge in [-0.05, 0) is 44.9 Å². The van der Waals surface area contributed by atoms with Gasteiger partial charge in [0, 0.05) is 17.9 Å². The lowest BCUT2D eigenvalue weighted by atomic mass is 9.96. The van der Waals surface area contributed by atoms with Crippen molar-refractivity contribution in [1.82, 2.24) is 9.55 Å². The van der Waals surface area contributed by atoms with Crippen LogP contribution in [0.1, 0.15) is 25.2 Å². The van der Waals surface area contributed by atoms with E-state index < -0.39 is 0 Å². The zero-order chi connectivity index (χ0) is 13.3. The molecule has 18 heavy (non-hydrogen) atoms. The van der Waals surface area contributed by atoms with Gasteiger partial charge in [0.05, 0.1) is 5.69 Å². The number of halogens is 1. The van der Waals surface area contributed by atoms with Gasteiger partial charge in [-0.2, -0.15) is 0 Å². The van der Waals surface area contributed by atoms with Crippen LogP contribution in [-0.2, 0) is 6.42 Å². The number of rotatable bonds is 3. The highest BCUT2D eigenvalue weighted by Crippen LogP contribution is 2.19. The maximum Gasteiger partial charge on any atom is 0.147 e. The molecule has 1 heterocycles. The maximum atomic E-state index is 14.1. The number of aryl methyl sites for hydroxylation is 1. The van der Waals surface area contributed by atoms with Crippen LogP contribution in [0.4, 0.5) is 4.39 Å². The second-order valence-corrected chi connectivity index (χ2v) is 5.30. The van der Waals surface area contributed by atoms with Crippen LogP contribution in [-0.4, -0.2) is 15.1 Å². The van der Waals surface area contributed by atoms with E-state index in [-0.39, 0.29) is 11.4 Å². The Morgan fingerprint density at radius 1 is 1.39 bits per heavy atom. The maximum absolute atomic E-state index is 14.1. The molecule has 96 valence electrons. The monoisotopic (exact) mass is 247 g/mol. The molecule has 0 aliphatic heterocycles. The number of nitrogens with zero attached hydrogens (tertiary/aromatic N) is 2. The molecule has 0 aliphatic rings. The first-order valence-electron chi connectivity index (χ1n) is 5.94. The highest BCUT2D eigenvalue weighted by Gasteiger charge is 2.14. The topological polar surface area (TPSA) is 43.8 Å². The summed E-state index contributed by atoms with van der Waals surface area (Å²) in [6, 6.07) is 5.22. The van der Waals surface area contributed by atoms with Crippen molar-refractivity contribution in [3.05, 3.63) is 47.8 Å². The molecule has 4 heteroatoms. The first-order chi connectivity index (χ1) is 8.37. The fraction of sp³-hybridized carbons (Fsp3) is 0.357. The Morgan fingerprint density at radius 2 is 2.11 bits per heavy atom. The Labute approximate surface area is 106 Å². The minimum absolute atomic E-state index is 0.252. The Hall–Kier alpha value is -1.68. The summed E-state index contributed by atoms with van der Waals surface area (Å²) < 4.78 is 15.8. The normalized spacial score (nSPS) is 11.8. The molecule has 0 amide bonds. The van der Waals surface area contributed by atoms with Crippen molar-refractivity contribution in [1.29, 1.82) is 0 Å². The van der Waals surface area contributed by atoms with Gasteiger partial charge in [0.15, 0.2) is 0 Å². The zero-order valence-electron chi connectivity index (χ0n) is 10.9. The highest BCUT2D eigenvalue weighted by atomic mass is 19.1. The minimum atomic E-state index is -0.334. The number of benzene rings is 1. The van der Waals surface area contributed by atoms with Crippen LogP contribution in [0.5, 0.6) is 0 Å². The fourth-order valence-corrected chi connectivity index (χ4v) is 2.01. The van der Waals surface area contributed by atoms with Crippen molar-refractivity contribution in [2.75, 3.05) is 0 Å². The minimum Gasteiger partial charge on any atom is -0.325 e. The zero-order valence-corrected chi connectivity index (χ0v) is 10.9. The van der Waals surface area contributed by atoms with E-state index in [0.717, 1.165) is 11.4 Å². The molecule has 3 nitrogen and oxygen atoms in total. The number of nitrogens with two attached hydrogens (primary N) is 1. The van der Waals surface area contributed by atoms with Crippen molar-refractivity contribution in [3.8, 4) is 5.69 Å². The van der Waals surface area contributed by atoms with Crippen molar-refractivity contribution in [2.45, 2.75) is 32.7 Å². The quantitative estimate of drug-likeness (QED) is 0.906. The number of aromatic nitrogens is 2. The van der Waals surface area contributed by atoms with Crippen LogP contribution in [0.25, 0.3) is 5.69 Å². The predicted octanol–water partition coefficient (Wildman–Crippen LogP) is 2.60. The standard InChI is InChI=1S/C14H18FN3/c1-10-17-6-7-18(10)13-5-4-11(8-12(13)15)9-14(2,3)16/h4-8H,9,16H2,1-3H3. The molecule has 2 N–H and O–H groups in total. The Morgan fingerprint density at radius 3 is 2.61 bits per heavy atom. The van der Waals surface area contributed by atoms with Gasteiger partial charge in [-0.25, -0.2) is 9.37 Å². The second-order valence-electron chi connectivity index (χ2n) is 5.30. The van der Waals surface area contributed by atoms with E-state index in [1.54, 1.807) is 29.1 Å². The van der Waals surface area contributed by atoms with Gasteiger partial charge in [-0.15, -0.1) is 0 Å². The van der Waals surface area contributed by atoms with Gasteiger partial charge < -0.3 is 10.3 Å².